The topological polar surface area (TPSA) is 53.2 Å². The number of Topliss-reactive ketones (excluding diaryl/α,β-unsaturated/α-hetero) is 1. The summed E-state index contributed by atoms with van der Waals surface area (Å²) in [6.45, 7) is 1.40. The van der Waals surface area contributed by atoms with Crippen LogP contribution in [0.3, 0.4) is 0 Å². The number of aromatic nitrogens is 1. The molecule has 98 valence electrons. The van der Waals surface area contributed by atoms with Gasteiger partial charge in [-0.1, -0.05) is 18.2 Å². The van der Waals surface area contributed by atoms with Crippen LogP contribution in [0.4, 0.5) is 0 Å². The third-order valence-corrected chi connectivity index (χ3v) is 3.67. The first-order chi connectivity index (χ1) is 9.27. The van der Waals surface area contributed by atoms with E-state index in [9.17, 15) is 9.59 Å². The fourth-order valence-corrected chi connectivity index (χ4v) is 2.62. The number of H-pyrrole nitrogens is 1. The lowest BCUT2D eigenvalue weighted by molar-refractivity contribution is -0.127. The normalized spacial score (nSPS) is 15.7. The van der Waals surface area contributed by atoms with Crippen molar-refractivity contribution in [3.8, 4) is 0 Å². The van der Waals surface area contributed by atoms with Gasteiger partial charge in [-0.05, 0) is 25.3 Å². The van der Waals surface area contributed by atoms with Crippen molar-refractivity contribution >= 4 is 22.6 Å². The van der Waals surface area contributed by atoms with Crippen LogP contribution in [0.25, 0.3) is 10.9 Å². The largest absolute Gasteiger partial charge is 0.360 e. The van der Waals surface area contributed by atoms with Crippen LogP contribution in [-0.4, -0.2) is 34.7 Å². The summed E-state index contributed by atoms with van der Waals surface area (Å²) >= 11 is 0. The number of hydrogen-bond donors (Lipinski definition) is 1. The molecule has 0 spiro atoms. The van der Waals surface area contributed by atoms with Crippen molar-refractivity contribution in [1.29, 1.82) is 0 Å². The van der Waals surface area contributed by atoms with Crippen LogP contribution in [0.2, 0.25) is 0 Å². The number of carbonyl (C=O) groups is 2. The number of benzene rings is 1. The summed E-state index contributed by atoms with van der Waals surface area (Å²) in [6.07, 6.45) is 4.76. The molecule has 19 heavy (non-hydrogen) atoms. The molecule has 0 radical (unpaired) electrons. The molecular weight excluding hydrogens is 240 g/mol. The van der Waals surface area contributed by atoms with Gasteiger partial charge < -0.3 is 9.88 Å². The Balaban J connectivity index is 1.89. The van der Waals surface area contributed by atoms with E-state index < -0.39 is 5.78 Å². The van der Waals surface area contributed by atoms with Gasteiger partial charge in [-0.15, -0.1) is 0 Å². The van der Waals surface area contributed by atoms with E-state index in [2.05, 4.69) is 4.98 Å². The molecular formula is C15H16N2O2. The molecule has 1 fully saturated rings. The number of nitrogens with zero attached hydrogens (tertiary/aromatic N) is 1. The molecule has 1 amide bonds. The zero-order valence-electron chi connectivity index (χ0n) is 10.7. The molecule has 4 nitrogen and oxygen atoms in total. The second kappa shape index (κ2) is 4.88. The van der Waals surface area contributed by atoms with E-state index >= 15 is 0 Å². The number of fused-ring (bicyclic) bond motifs is 1. The van der Waals surface area contributed by atoms with Gasteiger partial charge >= 0.3 is 0 Å². The first-order valence-corrected chi connectivity index (χ1v) is 6.67. The highest BCUT2D eigenvalue weighted by Gasteiger charge is 2.26. The average molecular weight is 256 g/mol. The Kier molecular flexibility index (Phi) is 3.07. The number of aromatic amines is 1. The fourth-order valence-electron chi connectivity index (χ4n) is 2.62. The number of carbonyl (C=O) groups excluding carboxylic acids is 2. The predicted molar refractivity (Wildman–Crippen MR) is 73.1 cm³/mol. The van der Waals surface area contributed by atoms with Crippen molar-refractivity contribution in [2.75, 3.05) is 13.1 Å². The van der Waals surface area contributed by atoms with Gasteiger partial charge in [-0.2, -0.15) is 0 Å². The standard InChI is InChI=1S/C15H16N2O2/c18-14(15(19)17-8-4-1-5-9-17)12-10-16-13-7-3-2-6-11(12)13/h2-3,6-7,10,16H,1,4-5,8-9H2. The molecule has 3 rings (SSSR count). The van der Waals surface area contributed by atoms with E-state index in [-0.39, 0.29) is 5.91 Å². The minimum Gasteiger partial charge on any atom is -0.360 e. The van der Waals surface area contributed by atoms with E-state index in [0.29, 0.717) is 18.7 Å². The number of nitrogens with one attached hydrogen (secondary N) is 1. The lowest BCUT2D eigenvalue weighted by Gasteiger charge is -2.25. The molecule has 1 aromatic heterocycles. The number of piperidine rings is 1. The molecule has 1 saturated heterocycles. The average Bonchev–Trinajstić information content (AvgIpc) is 2.90. The molecule has 4 heteroatoms. The molecule has 1 aromatic carbocycles. The van der Waals surface area contributed by atoms with E-state index in [0.717, 1.165) is 30.2 Å². The third-order valence-electron chi connectivity index (χ3n) is 3.67. The Hall–Kier alpha value is -2.10. The lowest BCUT2D eigenvalue weighted by atomic mass is 10.1. The number of para-hydroxylation sites is 1. The van der Waals surface area contributed by atoms with Gasteiger partial charge in [-0.3, -0.25) is 9.59 Å². The molecule has 0 atom stereocenters. The fraction of sp³-hybridized carbons (Fsp3) is 0.333. The van der Waals surface area contributed by atoms with Gasteiger partial charge in [-0.25, -0.2) is 0 Å². The maximum absolute atomic E-state index is 12.3. The van der Waals surface area contributed by atoms with E-state index in [1.165, 1.54) is 0 Å². The maximum atomic E-state index is 12.3. The second-order valence-corrected chi connectivity index (χ2v) is 4.93. The molecule has 2 aromatic rings. The number of ketones is 1. The second-order valence-electron chi connectivity index (χ2n) is 4.93. The molecule has 1 aliphatic heterocycles. The first-order valence-electron chi connectivity index (χ1n) is 6.67. The number of amides is 1. The van der Waals surface area contributed by atoms with Crippen molar-refractivity contribution in [2.45, 2.75) is 19.3 Å². The first kappa shape index (κ1) is 12.0. The Morgan fingerprint density at radius 3 is 2.58 bits per heavy atom. The van der Waals surface area contributed by atoms with Crippen LogP contribution in [0.15, 0.2) is 30.5 Å². The summed E-state index contributed by atoms with van der Waals surface area (Å²) in [5.74, 6) is -0.774. The van der Waals surface area contributed by atoms with Crippen LogP contribution in [0.5, 0.6) is 0 Å². The Labute approximate surface area is 111 Å². The van der Waals surface area contributed by atoms with Crippen LogP contribution >= 0.6 is 0 Å². The molecule has 0 unspecified atom stereocenters. The molecule has 1 aliphatic rings. The summed E-state index contributed by atoms with van der Waals surface area (Å²) in [5, 5.41) is 0.817. The highest BCUT2D eigenvalue weighted by molar-refractivity contribution is 6.44. The van der Waals surface area contributed by atoms with Crippen molar-refractivity contribution in [2.24, 2.45) is 0 Å². The van der Waals surface area contributed by atoms with Gasteiger partial charge in [0.05, 0.1) is 5.56 Å². The van der Waals surface area contributed by atoms with Crippen molar-refractivity contribution in [1.82, 2.24) is 9.88 Å². The predicted octanol–water partition coefficient (Wildman–Crippen LogP) is 2.36. The monoisotopic (exact) mass is 256 g/mol. The molecule has 0 aliphatic carbocycles. The quantitative estimate of drug-likeness (QED) is 0.662. The van der Waals surface area contributed by atoms with Gasteiger partial charge in [0.1, 0.15) is 0 Å². The van der Waals surface area contributed by atoms with Crippen LogP contribution < -0.4 is 0 Å². The minimum absolute atomic E-state index is 0.371. The van der Waals surface area contributed by atoms with Crippen LogP contribution in [0, 0.1) is 0 Å². The zero-order chi connectivity index (χ0) is 13.2. The Bertz CT molecular complexity index is 624. The summed E-state index contributed by atoms with van der Waals surface area (Å²) in [4.78, 5) is 29.2. The van der Waals surface area contributed by atoms with Crippen molar-refractivity contribution in [3.05, 3.63) is 36.0 Å². The summed E-state index contributed by atoms with van der Waals surface area (Å²) in [5.41, 5.74) is 1.36. The van der Waals surface area contributed by atoms with E-state index in [1.54, 1.807) is 11.1 Å². The van der Waals surface area contributed by atoms with Gasteiger partial charge in [0.2, 0.25) is 0 Å². The SMILES string of the molecule is O=C(C(=O)N1CCCCC1)c1c[nH]c2ccccc12. The minimum atomic E-state index is -0.403. The highest BCUT2D eigenvalue weighted by atomic mass is 16.2. The van der Waals surface area contributed by atoms with Gasteiger partial charge in [0.25, 0.3) is 11.7 Å². The van der Waals surface area contributed by atoms with Crippen LogP contribution in [0.1, 0.15) is 29.6 Å². The smallest absolute Gasteiger partial charge is 0.295 e. The van der Waals surface area contributed by atoms with Crippen molar-refractivity contribution in [3.63, 3.8) is 0 Å². The Morgan fingerprint density at radius 2 is 1.79 bits per heavy atom. The molecule has 2 heterocycles. The molecule has 1 N–H and O–H groups in total. The summed E-state index contributed by atoms with van der Waals surface area (Å²) in [7, 11) is 0. The van der Waals surface area contributed by atoms with E-state index in [4.69, 9.17) is 0 Å². The Morgan fingerprint density at radius 1 is 1.05 bits per heavy atom. The molecule has 0 saturated carbocycles. The van der Waals surface area contributed by atoms with Crippen LogP contribution in [-0.2, 0) is 4.79 Å². The maximum Gasteiger partial charge on any atom is 0.295 e. The lowest BCUT2D eigenvalue weighted by Crippen LogP contribution is -2.40. The highest BCUT2D eigenvalue weighted by Crippen LogP contribution is 2.19. The summed E-state index contributed by atoms with van der Waals surface area (Å²) < 4.78 is 0. The summed E-state index contributed by atoms with van der Waals surface area (Å²) in [6, 6.07) is 7.54. The van der Waals surface area contributed by atoms with Gasteiger partial charge in [0, 0.05) is 30.2 Å². The zero-order valence-corrected chi connectivity index (χ0v) is 10.7. The number of rotatable bonds is 2. The third kappa shape index (κ3) is 2.14. The number of likely N-dealkylation sites (tertiary alicyclic amines) is 1. The van der Waals surface area contributed by atoms with Gasteiger partial charge in [0.15, 0.2) is 0 Å². The number of hydrogen-bond acceptors (Lipinski definition) is 2. The van der Waals surface area contributed by atoms with Crippen molar-refractivity contribution < 1.29 is 9.59 Å². The van der Waals surface area contributed by atoms with E-state index in [1.807, 2.05) is 24.3 Å². The molecule has 0 bridgehead atoms.